The van der Waals surface area contributed by atoms with E-state index >= 15 is 0 Å². The quantitative estimate of drug-likeness (QED) is 0.398. The molecule has 0 amide bonds. The first-order valence-corrected chi connectivity index (χ1v) is 7.61. The molecule has 0 aliphatic rings. The van der Waals surface area contributed by atoms with Crippen LogP contribution in [0.4, 0.5) is 5.69 Å². The van der Waals surface area contributed by atoms with Crippen molar-refractivity contribution in [2.75, 3.05) is 11.9 Å². The van der Waals surface area contributed by atoms with E-state index in [1.165, 1.54) is 0 Å². The van der Waals surface area contributed by atoms with Gasteiger partial charge in [0.1, 0.15) is 0 Å². The van der Waals surface area contributed by atoms with Crippen molar-refractivity contribution in [3.05, 3.63) is 29.8 Å². The summed E-state index contributed by atoms with van der Waals surface area (Å²) < 4.78 is 19.3. The van der Waals surface area contributed by atoms with Crippen molar-refractivity contribution >= 4 is 21.5 Å². The van der Waals surface area contributed by atoms with Gasteiger partial charge in [0, 0.05) is 5.69 Å². The molecule has 7 nitrogen and oxygen atoms in total. The van der Waals surface area contributed by atoms with Gasteiger partial charge in [0.15, 0.2) is 0 Å². The Morgan fingerprint density at radius 2 is 1.59 bits per heavy atom. The van der Waals surface area contributed by atoms with Crippen molar-refractivity contribution in [1.82, 2.24) is 0 Å². The largest absolute Gasteiger partial charge is 0.399 e. The fraction of sp³-hybridized carbons (Fsp3) is 0.250. The Kier molecular flexibility index (Phi) is 7.30. The summed E-state index contributed by atoms with van der Waals surface area (Å²) in [6.07, 6.45) is 0.265. The van der Waals surface area contributed by atoms with Gasteiger partial charge in [-0.15, -0.1) is 0 Å². The van der Waals surface area contributed by atoms with Crippen LogP contribution in [0.25, 0.3) is 0 Å². The van der Waals surface area contributed by atoms with Gasteiger partial charge in [-0.2, -0.15) is 0 Å². The molecule has 0 spiro atoms. The summed E-state index contributed by atoms with van der Waals surface area (Å²) in [6.45, 7) is 0. The summed E-state index contributed by atoms with van der Waals surface area (Å²) in [5.41, 5.74) is 6.99. The van der Waals surface area contributed by atoms with E-state index in [-0.39, 0.29) is 6.16 Å². The van der Waals surface area contributed by atoms with Gasteiger partial charge in [0.2, 0.25) is 0 Å². The Bertz CT molecular complexity index is 397. The van der Waals surface area contributed by atoms with Crippen LogP contribution in [0.5, 0.6) is 0 Å². The monoisotopic (exact) mass is 283 g/mol. The fourth-order valence-electron chi connectivity index (χ4n) is 0.959. The standard InChI is InChI=1S/C8H12NO3P.H3O3P/c9-8-3-1-7(2-4-8)5-6-13(10,11)12;1-4(2)3/h1-4H,5-6,9H2,(H2,10,11,12);4H,(H2,1,2,3). The van der Waals surface area contributed by atoms with Crippen molar-refractivity contribution in [3.63, 3.8) is 0 Å². The third kappa shape index (κ3) is 11.6. The molecule has 98 valence electrons. The Hall–Kier alpha value is -0.680. The molecule has 9 heteroatoms. The topological polar surface area (TPSA) is 141 Å². The predicted molar refractivity (Wildman–Crippen MR) is 64.9 cm³/mol. The Balaban J connectivity index is 0.000000557. The fourth-order valence-corrected chi connectivity index (χ4v) is 1.51. The molecule has 1 aromatic rings. The van der Waals surface area contributed by atoms with Gasteiger partial charge in [0.05, 0.1) is 6.16 Å². The van der Waals surface area contributed by atoms with E-state index in [1.807, 2.05) is 0 Å². The first-order chi connectivity index (χ1) is 7.70. The van der Waals surface area contributed by atoms with E-state index in [2.05, 4.69) is 0 Å². The van der Waals surface area contributed by atoms with Crippen molar-refractivity contribution in [3.8, 4) is 0 Å². The highest BCUT2D eigenvalue weighted by Gasteiger charge is 2.11. The lowest BCUT2D eigenvalue weighted by Crippen LogP contribution is -1.94. The number of benzene rings is 1. The molecule has 0 saturated heterocycles. The van der Waals surface area contributed by atoms with Gasteiger partial charge in [-0.1, -0.05) is 12.1 Å². The predicted octanol–water partition coefficient (Wildman–Crippen LogP) is 0.350. The van der Waals surface area contributed by atoms with Crippen LogP contribution in [-0.4, -0.2) is 25.7 Å². The number of nitrogens with two attached hydrogens (primary N) is 1. The lowest BCUT2D eigenvalue weighted by atomic mass is 10.2. The highest BCUT2D eigenvalue weighted by atomic mass is 31.2. The maximum atomic E-state index is 10.5. The Labute approximate surface area is 99.0 Å². The van der Waals surface area contributed by atoms with Crippen LogP contribution in [0.3, 0.4) is 0 Å². The molecule has 0 aliphatic carbocycles. The minimum absolute atomic E-state index is 0.114. The maximum absolute atomic E-state index is 10.5. The number of nitrogen functional groups attached to an aromatic ring is 1. The van der Waals surface area contributed by atoms with Crippen molar-refractivity contribution < 1.29 is 28.7 Å². The minimum atomic E-state index is -3.87. The van der Waals surface area contributed by atoms with Crippen LogP contribution >= 0.6 is 15.9 Å². The second kappa shape index (κ2) is 7.61. The third-order valence-electron chi connectivity index (χ3n) is 1.67. The molecular weight excluding hydrogens is 268 g/mol. The van der Waals surface area contributed by atoms with Crippen LogP contribution in [0.2, 0.25) is 0 Å². The molecule has 0 fully saturated rings. The molecule has 17 heavy (non-hydrogen) atoms. The summed E-state index contributed by atoms with van der Waals surface area (Å²) in [7, 11) is -7.00. The van der Waals surface area contributed by atoms with E-state index in [4.69, 9.17) is 29.9 Å². The molecule has 6 N–H and O–H groups in total. The molecule has 0 aromatic heterocycles. The summed E-state index contributed by atoms with van der Waals surface area (Å²) in [4.78, 5) is 31.6. The molecule has 0 atom stereocenters. The third-order valence-corrected chi connectivity index (χ3v) is 2.48. The first-order valence-electron chi connectivity index (χ1n) is 4.51. The summed E-state index contributed by atoms with van der Waals surface area (Å²) in [6, 6.07) is 6.97. The maximum Gasteiger partial charge on any atom is 0.325 e. The average molecular weight is 283 g/mol. The average Bonchev–Trinajstić information content (AvgIpc) is 2.15. The van der Waals surface area contributed by atoms with E-state index in [9.17, 15) is 4.57 Å². The van der Waals surface area contributed by atoms with Crippen LogP contribution in [0.1, 0.15) is 5.56 Å². The van der Waals surface area contributed by atoms with E-state index in [1.54, 1.807) is 24.3 Å². The molecule has 1 aromatic carbocycles. The zero-order valence-corrected chi connectivity index (χ0v) is 10.7. The van der Waals surface area contributed by atoms with Gasteiger partial charge in [-0.25, -0.2) is 0 Å². The summed E-state index contributed by atoms with van der Waals surface area (Å²) in [5, 5.41) is 0. The minimum Gasteiger partial charge on any atom is -0.399 e. The molecular formula is C8H15NO6P2. The normalized spacial score (nSPS) is 10.9. The van der Waals surface area contributed by atoms with Crippen LogP contribution in [-0.2, 0) is 15.6 Å². The zero-order valence-electron chi connectivity index (χ0n) is 8.85. The zero-order chi connectivity index (χ0) is 13.5. The van der Waals surface area contributed by atoms with Gasteiger partial charge >= 0.3 is 15.9 Å². The van der Waals surface area contributed by atoms with Gasteiger partial charge < -0.3 is 25.3 Å². The second-order valence-electron chi connectivity index (χ2n) is 3.16. The molecule has 0 heterocycles. The summed E-state index contributed by atoms with van der Waals surface area (Å²) in [5.74, 6) is 0. The van der Waals surface area contributed by atoms with Crippen molar-refractivity contribution in [2.24, 2.45) is 0 Å². The van der Waals surface area contributed by atoms with E-state index < -0.39 is 15.9 Å². The number of aryl methyl sites for hydroxylation is 1. The van der Waals surface area contributed by atoms with E-state index in [0.29, 0.717) is 12.1 Å². The van der Waals surface area contributed by atoms with Gasteiger partial charge in [-0.05, 0) is 24.1 Å². The summed E-state index contributed by atoms with van der Waals surface area (Å²) >= 11 is 0. The molecule has 0 unspecified atom stereocenters. The highest BCUT2D eigenvalue weighted by molar-refractivity contribution is 7.51. The first kappa shape index (κ1) is 16.3. The van der Waals surface area contributed by atoms with Crippen LogP contribution in [0.15, 0.2) is 24.3 Å². The Morgan fingerprint density at radius 3 is 1.94 bits per heavy atom. The lowest BCUT2D eigenvalue weighted by molar-refractivity contribution is 0.373. The van der Waals surface area contributed by atoms with Gasteiger partial charge in [0.25, 0.3) is 0 Å². The lowest BCUT2D eigenvalue weighted by Gasteiger charge is -2.03. The number of hydrogen-bond donors (Lipinski definition) is 5. The van der Waals surface area contributed by atoms with Crippen molar-refractivity contribution in [1.29, 1.82) is 0 Å². The number of hydrogen-bond acceptors (Lipinski definition) is 3. The highest BCUT2D eigenvalue weighted by Crippen LogP contribution is 2.34. The molecule has 0 bridgehead atoms. The van der Waals surface area contributed by atoms with Crippen LogP contribution in [0, 0.1) is 0 Å². The van der Waals surface area contributed by atoms with Crippen molar-refractivity contribution in [2.45, 2.75) is 6.42 Å². The molecule has 1 rings (SSSR count). The number of anilines is 1. The number of rotatable bonds is 3. The van der Waals surface area contributed by atoms with E-state index in [0.717, 1.165) is 5.56 Å². The van der Waals surface area contributed by atoms with Gasteiger partial charge in [-0.3, -0.25) is 9.13 Å². The molecule has 0 aliphatic heterocycles. The second-order valence-corrected chi connectivity index (χ2v) is 5.50. The molecule has 0 radical (unpaired) electrons. The SMILES string of the molecule is Nc1ccc(CCP(=O)(O)O)cc1.O=[PH](O)O. The van der Waals surface area contributed by atoms with Crippen LogP contribution < -0.4 is 5.73 Å². The molecule has 0 saturated carbocycles. The smallest absolute Gasteiger partial charge is 0.325 e. The Morgan fingerprint density at radius 1 is 1.18 bits per heavy atom.